The number of hydrogen-bond donors (Lipinski definition) is 0. The third-order valence-corrected chi connectivity index (χ3v) is 3.64. The van der Waals surface area contributed by atoms with E-state index in [1.807, 2.05) is 49.7 Å². The van der Waals surface area contributed by atoms with E-state index in [-0.39, 0.29) is 0 Å². The van der Waals surface area contributed by atoms with Gasteiger partial charge in [-0.25, -0.2) is 0 Å². The molecule has 1 aromatic carbocycles. The summed E-state index contributed by atoms with van der Waals surface area (Å²) in [6.07, 6.45) is 0. The predicted octanol–water partition coefficient (Wildman–Crippen LogP) is 3.72. The number of nitrogens with zero attached hydrogens (tertiary/aromatic N) is 2. The van der Waals surface area contributed by atoms with Crippen LogP contribution in [-0.4, -0.2) is 23.0 Å². The van der Waals surface area contributed by atoms with Crippen LogP contribution >= 0.6 is 11.6 Å². The number of hydrogen-bond acceptors (Lipinski definition) is 3. The number of rotatable bonds is 7. The number of aromatic nitrogens is 2. The van der Waals surface area contributed by atoms with Gasteiger partial charge in [0.05, 0.1) is 24.7 Å². The zero-order chi connectivity index (χ0) is 15.2. The molecule has 21 heavy (non-hydrogen) atoms. The zero-order valence-electron chi connectivity index (χ0n) is 12.7. The fourth-order valence-corrected chi connectivity index (χ4v) is 2.62. The van der Waals surface area contributed by atoms with Crippen molar-refractivity contribution >= 4 is 11.6 Å². The Morgan fingerprint density at radius 2 is 1.81 bits per heavy atom. The molecule has 0 spiro atoms. The largest absolute Gasteiger partial charge is 0.490 e. The van der Waals surface area contributed by atoms with Crippen LogP contribution in [0.5, 0.6) is 11.5 Å². The van der Waals surface area contributed by atoms with Crippen LogP contribution in [0.1, 0.15) is 23.9 Å². The monoisotopic (exact) mass is 308 g/mol. The molecular formula is C16H21ClN2O2. The van der Waals surface area contributed by atoms with E-state index in [0.29, 0.717) is 25.6 Å². The van der Waals surface area contributed by atoms with Gasteiger partial charge in [0.1, 0.15) is 6.61 Å². The van der Waals surface area contributed by atoms with Gasteiger partial charge in [0.2, 0.25) is 0 Å². The highest BCUT2D eigenvalue weighted by molar-refractivity contribution is 6.17. The van der Waals surface area contributed by atoms with Gasteiger partial charge in [-0.15, -0.1) is 11.6 Å². The van der Waals surface area contributed by atoms with Gasteiger partial charge in [-0.3, -0.25) is 4.68 Å². The lowest BCUT2D eigenvalue weighted by molar-refractivity contribution is 0.261. The van der Waals surface area contributed by atoms with E-state index in [1.165, 1.54) is 0 Å². The summed E-state index contributed by atoms with van der Waals surface area (Å²) >= 11 is 5.94. The smallest absolute Gasteiger partial charge is 0.161 e. The summed E-state index contributed by atoms with van der Waals surface area (Å²) in [6.45, 7) is 7.81. The molecule has 0 N–H and O–H groups in total. The number of aryl methyl sites for hydroxylation is 1. The van der Waals surface area contributed by atoms with E-state index in [1.54, 1.807) is 0 Å². The lowest BCUT2D eigenvalue weighted by Crippen LogP contribution is -2.11. The van der Waals surface area contributed by atoms with Crippen molar-refractivity contribution in [3.63, 3.8) is 0 Å². The minimum Gasteiger partial charge on any atom is -0.490 e. The maximum Gasteiger partial charge on any atom is 0.161 e. The molecule has 1 heterocycles. The van der Waals surface area contributed by atoms with E-state index < -0.39 is 0 Å². The van der Waals surface area contributed by atoms with Crippen molar-refractivity contribution in [2.24, 2.45) is 0 Å². The van der Waals surface area contributed by atoms with Crippen LogP contribution < -0.4 is 9.47 Å². The standard InChI is InChI=1S/C16H21ClN2O2/c1-4-20-15-7-5-6-8-16(15)21-10-9-19-13(3)14(11-17)12(2)18-19/h5-8H,4,9-11H2,1-3H3. The van der Waals surface area contributed by atoms with Crippen molar-refractivity contribution in [3.05, 3.63) is 41.2 Å². The molecule has 0 saturated heterocycles. The van der Waals surface area contributed by atoms with Crippen molar-refractivity contribution in [1.29, 1.82) is 0 Å². The fourth-order valence-electron chi connectivity index (χ4n) is 2.23. The Balaban J connectivity index is 1.99. The minimum atomic E-state index is 0.492. The zero-order valence-corrected chi connectivity index (χ0v) is 13.5. The first-order chi connectivity index (χ1) is 10.2. The molecule has 0 bridgehead atoms. The van der Waals surface area contributed by atoms with Crippen LogP contribution in [0, 0.1) is 13.8 Å². The lowest BCUT2D eigenvalue weighted by Gasteiger charge is -2.12. The van der Waals surface area contributed by atoms with Crippen molar-refractivity contribution < 1.29 is 9.47 Å². The number of halogens is 1. The van der Waals surface area contributed by atoms with E-state index in [9.17, 15) is 0 Å². The number of alkyl halides is 1. The van der Waals surface area contributed by atoms with E-state index in [2.05, 4.69) is 5.10 Å². The van der Waals surface area contributed by atoms with Crippen LogP contribution in [0.3, 0.4) is 0 Å². The lowest BCUT2D eigenvalue weighted by atomic mass is 10.2. The molecule has 0 aliphatic carbocycles. The summed E-state index contributed by atoms with van der Waals surface area (Å²) in [4.78, 5) is 0. The van der Waals surface area contributed by atoms with E-state index >= 15 is 0 Å². The molecule has 0 amide bonds. The molecule has 0 atom stereocenters. The summed E-state index contributed by atoms with van der Waals surface area (Å²) in [5.74, 6) is 2.03. The predicted molar refractivity (Wildman–Crippen MR) is 84.4 cm³/mol. The molecule has 0 saturated carbocycles. The van der Waals surface area contributed by atoms with Crippen molar-refractivity contribution in [2.75, 3.05) is 13.2 Å². The Hall–Kier alpha value is -1.68. The van der Waals surface area contributed by atoms with Gasteiger partial charge >= 0.3 is 0 Å². The summed E-state index contributed by atoms with van der Waals surface area (Å²) in [7, 11) is 0. The molecule has 1 aromatic heterocycles. The van der Waals surface area contributed by atoms with Gasteiger partial charge in [-0.2, -0.15) is 5.10 Å². The van der Waals surface area contributed by atoms with Gasteiger partial charge in [0.25, 0.3) is 0 Å². The average molecular weight is 309 g/mol. The third kappa shape index (κ3) is 3.70. The first-order valence-corrected chi connectivity index (χ1v) is 7.64. The highest BCUT2D eigenvalue weighted by Crippen LogP contribution is 2.26. The summed E-state index contributed by atoms with van der Waals surface area (Å²) in [6, 6.07) is 7.70. The Morgan fingerprint density at radius 3 is 2.38 bits per heavy atom. The number of ether oxygens (including phenoxy) is 2. The molecule has 0 aliphatic heterocycles. The van der Waals surface area contributed by atoms with Crippen molar-refractivity contribution in [3.8, 4) is 11.5 Å². The van der Waals surface area contributed by atoms with Crippen LogP contribution in [0.25, 0.3) is 0 Å². The van der Waals surface area contributed by atoms with Gasteiger partial charge < -0.3 is 9.47 Å². The van der Waals surface area contributed by atoms with Gasteiger partial charge in [0, 0.05) is 11.3 Å². The molecule has 4 nitrogen and oxygen atoms in total. The first-order valence-electron chi connectivity index (χ1n) is 7.10. The molecule has 0 fully saturated rings. The van der Waals surface area contributed by atoms with Crippen molar-refractivity contribution in [2.45, 2.75) is 33.2 Å². The summed E-state index contributed by atoms with van der Waals surface area (Å²) < 4.78 is 13.3. The highest BCUT2D eigenvalue weighted by Gasteiger charge is 2.10. The van der Waals surface area contributed by atoms with Gasteiger partial charge in [-0.1, -0.05) is 12.1 Å². The SMILES string of the molecule is CCOc1ccccc1OCCn1nc(C)c(CCl)c1C. The second kappa shape index (κ2) is 7.36. The molecule has 2 aromatic rings. The second-order valence-corrected chi connectivity index (χ2v) is 5.00. The van der Waals surface area contributed by atoms with Gasteiger partial charge in [0.15, 0.2) is 11.5 Å². The van der Waals surface area contributed by atoms with Crippen LogP contribution in [-0.2, 0) is 12.4 Å². The number of benzene rings is 1. The summed E-state index contributed by atoms with van der Waals surface area (Å²) in [5.41, 5.74) is 3.19. The Morgan fingerprint density at radius 1 is 1.14 bits per heavy atom. The molecule has 0 unspecified atom stereocenters. The van der Waals surface area contributed by atoms with Crippen LogP contribution in [0.2, 0.25) is 0 Å². The first kappa shape index (κ1) is 15.7. The van der Waals surface area contributed by atoms with Crippen LogP contribution in [0.15, 0.2) is 24.3 Å². The Labute approximate surface area is 130 Å². The Bertz CT molecular complexity index is 596. The normalized spacial score (nSPS) is 10.7. The van der Waals surface area contributed by atoms with Crippen molar-refractivity contribution in [1.82, 2.24) is 9.78 Å². The third-order valence-electron chi connectivity index (χ3n) is 3.37. The number of para-hydroxylation sites is 2. The topological polar surface area (TPSA) is 36.3 Å². The van der Waals surface area contributed by atoms with Crippen LogP contribution in [0.4, 0.5) is 0 Å². The van der Waals surface area contributed by atoms with E-state index in [4.69, 9.17) is 21.1 Å². The fraction of sp³-hybridized carbons (Fsp3) is 0.438. The quantitative estimate of drug-likeness (QED) is 0.731. The minimum absolute atomic E-state index is 0.492. The highest BCUT2D eigenvalue weighted by atomic mass is 35.5. The van der Waals surface area contributed by atoms with E-state index in [0.717, 1.165) is 28.5 Å². The molecule has 0 aliphatic rings. The average Bonchev–Trinajstić information content (AvgIpc) is 2.75. The van der Waals surface area contributed by atoms with Gasteiger partial charge in [-0.05, 0) is 32.9 Å². The maximum atomic E-state index is 5.94. The molecule has 0 radical (unpaired) electrons. The Kier molecular flexibility index (Phi) is 5.51. The molecular weight excluding hydrogens is 288 g/mol. The summed E-state index contributed by atoms with van der Waals surface area (Å²) in [5, 5.41) is 4.49. The molecule has 5 heteroatoms. The molecule has 2 rings (SSSR count). The maximum absolute atomic E-state index is 5.94. The second-order valence-electron chi connectivity index (χ2n) is 4.73. The molecule has 114 valence electrons.